The third-order valence-corrected chi connectivity index (χ3v) is 7.84. The molecule has 1 N–H and O–H groups in total. The molecule has 2 heterocycles. The predicted molar refractivity (Wildman–Crippen MR) is 128 cm³/mol. The Morgan fingerprint density at radius 1 is 0.939 bits per heavy atom. The Hall–Kier alpha value is -3.03. The van der Waals surface area contributed by atoms with Gasteiger partial charge in [-0.2, -0.15) is 4.31 Å². The molecule has 0 spiro atoms. The van der Waals surface area contributed by atoms with E-state index in [0.29, 0.717) is 30.5 Å². The van der Waals surface area contributed by atoms with Crippen molar-refractivity contribution in [2.75, 3.05) is 13.1 Å². The number of pyridine rings is 1. The Kier molecular flexibility index (Phi) is 6.91. The number of piperidine rings is 1. The monoisotopic (exact) mass is 463 g/mol. The van der Waals surface area contributed by atoms with Crippen LogP contribution in [0.4, 0.5) is 0 Å². The number of hydrogen-bond donors (Lipinski definition) is 1. The van der Waals surface area contributed by atoms with Gasteiger partial charge in [0.2, 0.25) is 10.0 Å². The highest BCUT2D eigenvalue weighted by molar-refractivity contribution is 7.89. The van der Waals surface area contributed by atoms with Crippen LogP contribution in [0.1, 0.15) is 47.8 Å². The van der Waals surface area contributed by atoms with Gasteiger partial charge in [-0.1, -0.05) is 50.2 Å². The molecule has 0 aliphatic carbocycles. The lowest BCUT2D eigenvalue weighted by molar-refractivity contribution is 0.0942. The minimum absolute atomic E-state index is 0.150. The largest absolute Gasteiger partial charge is 0.341 e. The van der Waals surface area contributed by atoms with E-state index < -0.39 is 10.0 Å². The summed E-state index contributed by atoms with van der Waals surface area (Å²) in [7, 11) is -3.67. The molecule has 1 aliphatic rings. The second-order valence-electron chi connectivity index (χ2n) is 8.89. The molecule has 2 aromatic carbocycles. The molecule has 1 aliphatic heterocycles. The number of amides is 1. The molecule has 1 aromatic heterocycles. The molecule has 3 unspecified atom stereocenters. The van der Waals surface area contributed by atoms with Gasteiger partial charge in [0.15, 0.2) is 0 Å². The van der Waals surface area contributed by atoms with Crippen LogP contribution in [-0.4, -0.2) is 36.7 Å². The van der Waals surface area contributed by atoms with Crippen molar-refractivity contribution in [1.82, 2.24) is 14.6 Å². The first-order valence-electron chi connectivity index (χ1n) is 11.2. The van der Waals surface area contributed by atoms with Crippen LogP contribution in [0.2, 0.25) is 0 Å². The average molecular weight is 464 g/mol. The zero-order chi connectivity index (χ0) is 23.4. The van der Waals surface area contributed by atoms with Gasteiger partial charge in [-0.05, 0) is 59.7 Å². The number of carbonyl (C=O) groups excluding carboxylic acids is 1. The Morgan fingerprint density at radius 2 is 1.58 bits per heavy atom. The van der Waals surface area contributed by atoms with E-state index >= 15 is 0 Å². The fraction of sp³-hybridized carbons (Fsp3) is 0.308. The number of rotatable bonds is 6. The molecule has 3 atom stereocenters. The SMILES string of the molecule is CC1CC(C)CN(S(=O)(=O)c2cccc(C(=O)NC(c3ccccc3)c3ccncc3)c2)C1. The zero-order valence-electron chi connectivity index (χ0n) is 18.9. The van der Waals surface area contributed by atoms with Gasteiger partial charge in [0.1, 0.15) is 0 Å². The summed E-state index contributed by atoms with van der Waals surface area (Å²) in [5, 5.41) is 3.06. The molecule has 4 rings (SSSR count). The molecule has 3 aromatic rings. The van der Waals surface area contributed by atoms with E-state index in [1.807, 2.05) is 42.5 Å². The highest BCUT2D eigenvalue weighted by atomic mass is 32.2. The van der Waals surface area contributed by atoms with Gasteiger partial charge in [-0.15, -0.1) is 0 Å². The van der Waals surface area contributed by atoms with Crippen LogP contribution in [0, 0.1) is 11.8 Å². The van der Waals surface area contributed by atoms with Crippen molar-refractivity contribution < 1.29 is 13.2 Å². The Balaban J connectivity index is 1.60. The van der Waals surface area contributed by atoms with E-state index in [-0.39, 0.29) is 16.8 Å². The average Bonchev–Trinajstić information content (AvgIpc) is 2.83. The minimum Gasteiger partial charge on any atom is -0.341 e. The Labute approximate surface area is 195 Å². The first kappa shape index (κ1) is 23.1. The first-order valence-corrected chi connectivity index (χ1v) is 12.6. The fourth-order valence-electron chi connectivity index (χ4n) is 4.52. The van der Waals surface area contributed by atoms with E-state index in [1.165, 1.54) is 6.07 Å². The van der Waals surface area contributed by atoms with Crippen molar-refractivity contribution in [2.45, 2.75) is 31.2 Å². The third kappa shape index (κ3) is 5.31. The van der Waals surface area contributed by atoms with Crippen LogP contribution in [-0.2, 0) is 10.0 Å². The summed E-state index contributed by atoms with van der Waals surface area (Å²) in [6, 6.07) is 19.3. The van der Waals surface area contributed by atoms with Gasteiger partial charge in [0, 0.05) is 31.0 Å². The lowest BCUT2D eigenvalue weighted by atomic mass is 9.94. The number of nitrogens with one attached hydrogen (secondary N) is 1. The predicted octanol–water partition coefficient (Wildman–Crippen LogP) is 4.27. The van der Waals surface area contributed by atoms with Crippen molar-refractivity contribution >= 4 is 15.9 Å². The lowest BCUT2D eigenvalue weighted by Gasteiger charge is -2.34. The van der Waals surface area contributed by atoms with Gasteiger partial charge in [0.05, 0.1) is 10.9 Å². The first-order chi connectivity index (χ1) is 15.8. The number of carbonyl (C=O) groups is 1. The molecule has 1 fully saturated rings. The maximum absolute atomic E-state index is 13.3. The van der Waals surface area contributed by atoms with Gasteiger partial charge in [-0.3, -0.25) is 9.78 Å². The van der Waals surface area contributed by atoms with Gasteiger partial charge < -0.3 is 5.32 Å². The van der Waals surface area contributed by atoms with Gasteiger partial charge in [-0.25, -0.2) is 8.42 Å². The van der Waals surface area contributed by atoms with Crippen molar-refractivity contribution in [1.29, 1.82) is 0 Å². The van der Waals surface area contributed by atoms with Crippen LogP contribution < -0.4 is 5.32 Å². The highest BCUT2D eigenvalue weighted by Gasteiger charge is 2.32. The molecule has 33 heavy (non-hydrogen) atoms. The molecular weight excluding hydrogens is 434 g/mol. The highest BCUT2D eigenvalue weighted by Crippen LogP contribution is 2.27. The molecule has 0 bridgehead atoms. The molecule has 7 heteroatoms. The number of hydrogen-bond acceptors (Lipinski definition) is 4. The topological polar surface area (TPSA) is 79.4 Å². The molecule has 0 saturated carbocycles. The molecule has 6 nitrogen and oxygen atoms in total. The molecule has 1 amide bonds. The summed E-state index contributed by atoms with van der Waals surface area (Å²) in [6.45, 7) is 5.15. The Morgan fingerprint density at radius 3 is 2.24 bits per heavy atom. The van der Waals surface area contributed by atoms with Crippen LogP contribution in [0.25, 0.3) is 0 Å². The quantitative estimate of drug-likeness (QED) is 0.592. The minimum atomic E-state index is -3.67. The standard InChI is InChI=1S/C26H29N3O3S/c1-19-15-20(2)18-29(17-19)33(31,32)24-10-6-9-23(16-24)26(30)28-25(21-7-4-3-5-8-21)22-11-13-27-14-12-22/h3-14,16,19-20,25H,15,17-18H2,1-2H3,(H,28,30). The van der Waals surface area contributed by atoms with Gasteiger partial charge in [0.25, 0.3) is 5.91 Å². The summed E-state index contributed by atoms with van der Waals surface area (Å²) in [6.07, 6.45) is 4.39. The summed E-state index contributed by atoms with van der Waals surface area (Å²) in [5.41, 5.74) is 2.13. The second-order valence-corrected chi connectivity index (χ2v) is 10.8. The smallest absolute Gasteiger partial charge is 0.252 e. The van der Waals surface area contributed by atoms with E-state index in [1.54, 1.807) is 34.9 Å². The van der Waals surface area contributed by atoms with Crippen molar-refractivity contribution in [2.24, 2.45) is 11.8 Å². The second kappa shape index (κ2) is 9.85. The van der Waals surface area contributed by atoms with E-state index in [0.717, 1.165) is 17.5 Å². The van der Waals surface area contributed by atoms with Crippen LogP contribution in [0.15, 0.2) is 84.0 Å². The van der Waals surface area contributed by atoms with Crippen LogP contribution in [0.3, 0.4) is 0 Å². The fourth-order valence-corrected chi connectivity index (χ4v) is 6.25. The summed E-state index contributed by atoms with van der Waals surface area (Å²) in [4.78, 5) is 17.4. The summed E-state index contributed by atoms with van der Waals surface area (Å²) < 4.78 is 28.2. The third-order valence-electron chi connectivity index (χ3n) is 6.02. The zero-order valence-corrected chi connectivity index (χ0v) is 19.7. The van der Waals surface area contributed by atoms with Crippen LogP contribution >= 0.6 is 0 Å². The number of benzene rings is 2. The Bertz CT molecular complexity index is 1150. The number of nitrogens with zero attached hydrogens (tertiary/aromatic N) is 2. The molecular formula is C26H29N3O3S. The van der Waals surface area contributed by atoms with Crippen molar-refractivity contribution in [3.63, 3.8) is 0 Å². The molecule has 0 radical (unpaired) electrons. The van der Waals surface area contributed by atoms with Crippen molar-refractivity contribution in [3.8, 4) is 0 Å². The van der Waals surface area contributed by atoms with E-state index in [4.69, 9.17) is 0 Å². The molecule has 1 saturated heterocycles. The maximum Gasteiger partial charge on any atom is 0.252 e. The maximum atomic E-state index is 13.3. The van der Waals surface area contributed by atoms with Crippen LogP contribution in [0.5, 0.6) is 0 Å². The summed E-state index contributed by atoms with van der Waals surface area (Å²) in [5.74, 6) is 0.280. The van der Waals surface area contributed by atoms with E-state index in [2.05, 4.69) is 24.1 Å². The number of sulfonamides is 1. The lowest BCUT2D eigenvalue weighted by Crippen LogP contribution is -2.42. The number of aromatic nitrogens is 1. The summed E-state index contributed by atoms with van der Waals surface area (Å²) >= 11 is 0. The van der Waals surface area contributed by atoms with E-state index in [9.17, 15) is 13.2 Å². The molecule has 172 valence electrons. The van der Waals surface area contributed by atoms with Crippen molar-refractivity contribution in [3.05, 3.63) is 95.8 Å². The normalized spacial score (nSPS) is 20.2. The van der Waals surface area contributed by atoms with Gasteiger partial charge >= 0.3 is 0 Å².